The molecule has 1 fully saturated rings. The lowest BCUT2D eigenvalue weighted by molar-refractivity contribution is 0.399. The Morgan fingerprint density at radius 3 is 2.41 bits per heavy atom. The second kappa shape index (κ2) is 9.90. The minimum Gasteiger partial charge on any atom is -0.330 e. The van der Waals surface area contributed by atoms with Crippen LogP contribution in [0.15, 0.2) is 0 Å². The molecular weight excluding hydrogens is 208 g/mol. The zero-order valence-electron chi connectivity index (χ0n) is 11.7. The van der Waals surface area contributed by atoms with Gasteiger partial charge in [0.1, 0.15) is 0 Å². The molecule has 0 saturated heterocycles. The van der Waals surface area contributed by atoms with Gasteiger partial charge in [-0.05, 0) is 51.1 Å². The fourth-order valence-electron chi connectivity index (χ4n) is 2.97. The van der Waals surface area contributed by atoms with E-state index in [1.54, 1.807) is 0 Å². The van der Waals surface area contributed by atoms with E-state index in [4.69, 9.17) is 5.73 Å². The fraction of sp³-hybridized carbons (Fsp3) is 1.00. The minimum absolute atomic E-state index is 0.812. The van der Waals surface area contributed by atoms with Crippen molar-refractivity contribution < 1.29 is 0 Å². The van der Waals surface area contributed by atoms with Gasteiger partial charge in [-0.15, -0.1) is 0 Å². The van der Waals surface area contributed by atoms with E-state index in [1.165, 1.54) is 70.8 Å². The van der Waals surface area contributed by atoms with Crippen LogP contribution >= 0.6 is 0 Å². The lowest BCUT2D eigenvalue weighted by Gasteiger charge is -2.18. The highest BCUT2D eigenvalue weighted by atomic mass is 14.9. The molecule has 0 aromatic heterocycles. The van der Waals surface area contributed by atoms with Crippen LogP contribution in [0, 0.1) is 5.92 Å². The van der Waals surface area contributed by atoms with E-state index in [0.29, 0.717) is 0 Å². The van der Waals surface area contributed by atoms with Crippen molar-refractivity contribution in [3.8, 4) is 0 Å². The summed E-state index contributed by atoms with van der Waals surface area (Å²) in [4.78, 5) is 0. The molecule has 0 aliphatic heterocycles. The molecular formula is C15H32N2. The van der Waals surface area contributed by atoms with Crippen LogP contribution in [0.25, 0.3) is 0 Å². The number of hydrogen-bond donors (Lipinski definition) is 2. The molecule has 1 atom stereocenters. The van der Waals surface area contributed by atoms with Crippen molar-refractivity contribution in [1.82, 2.24) is 5.32 Å². The second-order valence-electron chi connectivity index (χ2n) is 5.64. The Labute approximate surface area is 108 Å². The van der Waals surface area contributed by atoms with Gasteiger partial charge in [0.15, 0.2) is 0 Å². The molecule has 1 aliphatic carbocycles. The summed E-state index contributed by atoms with van der Waals surface area (Å²) in [5.74, 6) is 0.857. The molecule has 1 unspecified atom stereocenters. The Hall–Kier alpha value is -0.0800. The van der Waals surface area contributed by atoms with E-state index < -0.39 is 0 Å². The largest absolute Gasteiger partial charge is 0.330 e. The normalized spacial score (nSPS) is 20.1. The third-order valence-corrected chi connectivity index (χ3v) is 4.23. The summed E-state index contributed by atoms with van der Waals surface area (Å²) < 4.78 is 0. The summed E-state index contributed by atoms with van der Waals surface area (Å²) in [6.45, 7) is 4.36. The highest BCUT2D eigenvalue weighted by Gasteiger charge is 2.11. The van der Waals surface area contributed by atoms with E-state index in [1.807, 2.05) is 0 Å². The predicted octanol–water partition coefficient (Wildman–Crippen LogP) is 3.45. The summed E-state index contributed by atoms with van der Waals surface area (Å²) >= 11 is 0. The molecule has 0 radical (unpaired) electrons. The molecule has 1 aliphatic rings. The molecule has 0 spiro atoms. The van der Waals surface area contributed by atoms with Crippen molar-refractivity contribution in [2.75, 3.05) is 13.1 Å². The molecule has 2 nitrogen and oxygen atoms in total. The molecule has 102 valence electrons. The topological polar surface area (TPSA) is 38.0 Å². The van der Waals surface area contributed by atoms with Crippen molar-refractivity contribution >= 4 is 0 Å². The molecule has 0 amide bonds. The summed E-state index contributed by atoms with van der Waals surface area (Å²) in [6.07, 6.45) is 13.8. The van der Waals surface area contributed by atoms with Crippen molar-refractivity contribution in [3.63, 3.8) is 0 Å². The summed E-state index contributed by atoms with van der Waals surface area (Å²) in [7, 11) is 0. The standard InChI is InChI=1S/C15H32N2/c1-2-14(11-12-16)8-7-13-17-15-9-5-3-4-6-10-15/h14-15,17H,2-13,16H2,1H3. The molecule has 0 heterocycles. The predicted molar refractivity (Wildman–Crippen MR) is 76.2 cm³/mol. The Bertz CT molecular complexity index is 162. The maximum absolute atomic E-state index is 5.63. The molecule has 0 aromatic rings. The van der Waals surface area contributed by atoms with Crippen LogP contribution in [0.4, 0.5) is 0 Å². The van der Waals surface area contributed by atoms with Crippen molar-refractivity contribution in [1.29, 1.82) is 0 Å². The number of rotatable bonds is 8. The SMILES string of the molecule is CCC(CCN)CCCNC1CCCCCC1. The van der Waals surface area contributed by atoms with E-state index >= 15 is 0 Å². The zero-order valence-corrected chi connectivity index (χ0v) is 11.7. The molecule has 1 rings (SSSR count). The molecule has 0 bridgehead atoms. The van der Waals surface area contributed by atoms with Gasteiger partial charge in [-0.25, -0.2) is 0 Å². The molecule has 1 saturated carbocycles. The Balaban J connectivity index is 2.01. The molecule has 0 aromatic carbocycles. The first-order chi connectivity index (χ1) is 8.36. The van der Waals surface area contributed by atoms with Crippen molar-refractivity contribution in [2.45, 2.75) is 77.2 Å². The third kappa shape index (κ3) is 7.05. The Morgan fingerprint density at radius 2 is 1.82 bits per heavy atom. The Morgan fingerprint density at radius 1 is 1.12 bits per heavy atom. The molecule has 17 heavy (non-hydrogen) atoms. The van der Waals surface area contributed by atoms with Gasteiger partial charge >= 0.3 is 0 Å². The van der Waals surface area contributed by atoms with Gasteiger partial charge in [0.05, 0.1) is 0 Å². The highest BCUT2D eigenvalue weighted by molar-refractivity contribution is 4.70. The monoisotopic (exact) mass is 240 g/mol. The Kier molecular flexibility index (Phi) is 8.72. The van der Waals surface area contributed by atoms with Crippen LogP contribution < -0.4 is 11.1 Å². The van der Waals surface area contributed by atoms with Crippen molar-refractivity contribution in [3.05, 3.63) is 0 Å². The molecule has 3 N–H and O–H groups in total. The maximum Gasteiger partial charge on any atom is 0.00670 e. The van der Waals surface area contributed by atoms with Crippen LogP contribution in [0.3, 0.4) is 0 Å². The van der Waals surface area contributed by atoms with Crippen LogP contribution in [-0.2, 0) is 0 Å². The number of nitrogens with one attached hydrogen (secondary N) is 1. The van der Waals surface area contributed by atoms with E-state index in [9.17, 15) is 0 Å². The quantitative estimate of drug-likeness (QED) is 0.504. The van der Waals surface area contributed by atoms with E-state index in [2.05, 4.69) is 12.2 Å². The maximum atomic E-state index is 5.63. The first-order valence-corrected chi connectivity index (χ1v) is 7.80. The highest BCUT2D eigenvalue weighted by Crippen LogP contribution is 2.18. The van der Waals surface area contributed by atoms with Crippen LogP contribution in [0.2, 0.25) is 0 Å². The minimum atomic E-state index is 0.812. The van der Waals surface area contributed by atoms with Gasteiger partial charge in [0, 0.05) is 6.04 Å². The fourth-order valence-corrected chi connectivity index (χ4v) is 2.97. The second-order valence-corrected chi connectivity index (χ2v) is 5.64. The smallest absolute Gasteiger partial charge is 0.00670 e. The number of nitrogens with two attached hydrogens (primary N) is 1. The molecule has 2 heteroatoms. The summed E-state index contributed by atoms with van der Waals surface area (Å²) in [6, 6.07) is 0.812. The van der Waals surface area contributed by atoms with Crippen LogP contribution in [-0.4, -0.2) is 19.1 Å². The first kappa shape index (κ1) is 15.0. The average Bonchev–Trinajstić information content (AvgIpc) is 2.61. The van der Waals surface area contributed by atoms with Gasteiger partial charge in [0.25, 0.3) is 0 Å². The average molecular weight is 240 g/mol. The van der Waals surface area contributed by atoms with Crippen LogP contribution in [0.5, 0.6) is 0 Å². The third-order valence-electron chi connectivity index (χ3n) is 4.23. The van der Waals surface area contributed by atoms with Crippen LogP contribution in [0.1, 0.15) is 71.1 Å². The van der Waals surface area contributed by atoms with Gasteiger partial charge in [-0.2, -0.15) is 0 Å². The van der Waals surface area contributed by atoms with E-state index in [-0.39, 0.29) is 0 Å². The lowest BCUT2D eigenvalue weighted by atomic mass is 9.96. The zero-order chi connectivity index (χ0) is 12.3. The van der Waals surface area contributed by atoms with Gasteiger partial charge < -0.3 is 11.1 Å². The van der Waals surface area contributed by atoms with E-state index in [0.717, 1.165) is 18.5 Å². The number of hydrogen-bond acceptors (Lipinski definition) is 2. The van der Waals surface area contributed by atoms with Gasteiger partial charge in [-0.1, -0.05) is 39.0 Å². The lowest BCUT2D eigenvalue weighted by Crippen LogP contribution is -2.29. The van der Waals surface area contributed by atoms with Gasteiger partial charge in [-0.3, -0.25) is 0 Å². The first-order valence-electron chi connectivity index (χ1n) is 7.80. The summed E-state index contributed by atoms with van der Waals surface area (Å²) in [5.41, 5.74) is 5.63. The van der Waals surface area contributed by atoms with Crippen molar-refractivity contribution in [2.24, 2.45) is 11.7 Å². The summed E-state index contributed by atoms with van der Waals surface area (Å²) in [5, 5.41) is 3.75. The van der Waals surface area contributed by atoms with Gasteiger partial charge in [0.2, 0.25) is 0 Å².